The van der Waals surface area contributed by atoms with E-state index in [4.69, 9.17) is 0 Å². The molecule has 8 heavy (non-hydrogen) atoms. The van der Waals surface area contributed by atoms with Gasteiger partial charge in [-0.1, -0.05) is 11.1 Å². The second kappa shape index (κ2) is 4.20. The SMILES string of the molecule is CC#CC(C)=NOC. The average Bonchev–Trinajstić information content (AvgIpc) is 1.68. The van der Waals surface area contributed by atoms with Gasteiger partial charge in [0.2, 0.25) is 0 Å². The van der Waals surface area contributed by atoms with Gasteiger partial charge in [-0.25, -0.2) is 0 Å². The molecule has 0 saturated carbocycles. The van der Waals surface area contributed by atoms with Gasteiger partial charge in [-0.05, 0) is 19.8 Å². The van der Waals surface area contributed by atoms with Gasteiger partial charge in [0, 0.05) is 0 Å². The zero-order valence-corrected chi connectivity index (χ0v) is 5.36. The molecule has 0 spiro atoms. The van der Waals surface area contributed by atoms with Crippen molar-refractivity contribution in [3.8, 4) is 11.8 Å². The molecule has 0 fully saturated rings. The quantitative estimate of drug-likeness (QED) is 0.281. The smallest absolute Gasteiger partial charge is 0.126 e. The first kappa shape index (κ1) is 7.03. The van der Waals surface area contributed by atoms with E-state index in [2.05, 4.69) is 21.8 Å². The Morgan fingerprint density at radius 2 is 2.25 bits per heavy atom. The van der Waals surface area contributed by atoms with E-state index in [0.717, 1.165) is 0 Å². The van der Waals surface area contributed by atoms with Gasteiger partial charge in [0.15, 0.2) is 0 Å². The molecule has 0 aromatic carbocycles. The van der Waals surface area contributed by atoms with Crippen molar-refractivity contribution >= 4 is 5.71 Å². The van der Waals surface area contributed by atoms with Gasteiger partial charge >= 0.3 is 0 Å². The maximum absolute atomic E-state index is 4.44. The Bertz CT molecular complexity index is 138. The first-order valence-electron chi connectivity index (χ1n) is 2.31. The molecule has 0 aliphatic rings. The van der Waals surface area contributed by atoms with Crippen molar-refractivity contribution in [1.29, 1.82) is 0 Å². The normalized spacial score (nSPS) is 9.62. The molecule has 44 valence electrons. The second-order valence-electron chi connectivity index (χ2n) is 1.23. The number of nitrogens with zero attached hydrogens (tertiary/aromatic N) is 1. The molecule has 0 amide bonds. The van der Waals surface area contributed by atoms with Crippen LogP contribution in [-0.4, -0.2) is 12.8 Å². The van der Waals surface area contributed by atoms with Gasteiger partial charge in [0.1, 0.15) is 12.8 Å². The summed E-state index contributed by atoms with van der Waals surface area (Å²) in [6.45, 7) is 3.55. The van der Waals surface area contributed by atoms with Crippen molar-refractivity contribution in [2.24, 2.45) is 5.16 Å². The van der Waals surface area contributed by atoms with Crippen LogP contribution in [0, 0.1) is 11.8 Å². The Morgan fingerprint density at radius 3 is 2.62 bits per heavy atom. The van der Waals surface area contributed by atoms with Crippen LogP contribution in [0.3, 0.4) is 0 Å². The van der Waals surface area contributed by atoms with Crippen LogP contribution in [0.4, 0.5) is 0 Å². The third-order valence-corrected chi connectivity index (χ3v) is 0.534. The number of rotatable bonds is 1. The van der Waals surface area contributed by atoms with E-state index in [1.807, 2.05) is 0 Å². The molecule has 0 N–H and O–H groups in total. The van der Waals surface area contributed by atoms with Crippen molar-refractivity contribution in [2.45, 2.75) is 13.8 Å². The summed E-state index contributed by atoms with van der Waals surface area (Å²) in [5.41, 5.74) is 0.704. The average molecular weight is 111 g/mol. The molecule has 0 rings (SSSR count). The first-order valence-corrected chi connectivity index (χ1v) is 2.31. The van der Waals surface area contributed by atoms with Crippen molar-refractivity contribution in [3.05, 3.63) is 0 Å². The Hall–Kier alpha value is -0.970. The Balaban J connectivity index is 3.74. The standard InChI is InChI=1S/C6H9NO/c1-4-5-6(2)7-8-3/h1-3H3. The minimum atomic E-state index is 0.704. The maximum Gasteiger partial charge on any atom is 0.126 e. The molecule has 0 saturated heterocycles. The monoisotopic (exact) mass is 111 g/mol. The van der Waals surface area contributed by atoms with Crippen LogP contribution in [0.2, 0.25) is 0 Å². The highest BCUT2D eigenvalue weighted by atomic mass is 16.6. The maximum atomic E-state index is 4.44. The molecule has 2 nitrogen and oxygen atoms in total. The molecular weight excluding hydrogens is 102 g/mol. The molecule has 0 atom stereocenters. The van der Waals surface area contributed by atoms with E-state index < -0.39 is 0 Å². The highest BCUT2D eigenvalue weighted by Gasteiger charge is 1.76. The highest BCUT2D eigenvalue weighted by molar-refractivity contribution is 5.97. The molecule has 0 aromatic rings. The minimum Gasteiger partial charge on any atom is -0.398 e. The second-order valence-corrected chi connectivity index (χ2v) is 1.23. The summed E-state index contributed by atoms with van der Waals surface area (Å²) < 4.78 is 0. The van der Waals surface area contributed by atoms with Crippen LogP contribution < -0.4 is 0 Å². The Kier molecular flexibility index (Phi) is 3.69. The van der Waals surface area contributed by atoms with Gasteiger partial charge in [-0.2, -0.15) is 0 Å². The first-order chi connectivity index (χ1) is 3.81. The molecule has 0 aliphatic heterocycles. The summed E-state index contributed by atoms with van der Waals surface area (Å²) in [4.78, 5) is 4.44. The summed E-state index contributed by atoms with van der Waals surface area (Å²) in [5, 5.41) is 3.56. The fraction of sp³-hybridized carbons (Fsp3) is 0.500. The fourth-order valence-corrected chi connectivity index (χ4v) is 0.341. The summed E-state index contributed by atoms with van der Waals surface area (Å²) in [6.07, 6.45) is 0. The van der Waals surface area contributed by atoms with Gasteiger partial charge < -0.3 is 4.84 Å². The van der Waals surface area contributed by atoms with Crippen LogP contribution in [0.25, 0.3) is 0 Å². The lowest BCUT2D eigenvalue weighted by molar-refractivity contribution is 0.214. The largest absolute Gasteiger partial charge is 0.398 e. The third kappa shape index (κ3) is 3.23. The van der Waals surface area contributed by atoms with Gasteiger partial charge in [-0.15, -0.1) is 0 Å². The Labute approximate surface area is 49.5 Å². The number of hydrogen-bond donors (Lipinski definition) is 0. The van der Waals surface area contributed by atoms with E-state index in [1.54, 1.807) is 13.8 Å². The lowest BCUT2D eigenvalue weighted by Gasteiger charge is -1.83. The van der Waals surface area contributed by atoms with E-state index in [-0.39, 0.29) is 0 Å². The van der Waals surface area contributed by atoms with Crippen LogP contribution in [0.5, 0.6) is 0 Å². The third-order valence-electron chi connectivity index (χ3n) is 0.534. The van der Waals surface area contributed by atoms with E-state index in [0.29, 0.717) is 5.71 Å². The summed E-state index contributed by atoms with van der Waals surface area (Å²) in [7, 11) is 1.50. The lowest BCUT2D eigenvalue weighted by Crippen LogP contribution is -1.84. The van der Waals surface area contributed by atoms with Crippen molar-refractivity contribution < 1.29 is 4.84 Å². The molecule has 0 unspecified atom stereocenters. The van der Waals surface area contributed by atoms with Crippen LogP contribution in [0.1, 0.15) is 13.8 Å². The van der Waals surface area contributed by atoms with Crippen molar-refractivity contribution in [2.75, 3.05) is 7.11 Å². The molecule has 2 heteroatoms. The Morgan fingerprint density at radius 1 is 1.62 bits per heavy atom. The van der Waals surface area contributed by atoms with Crippen molar-refractivity contribution in [1.82, 2.24) is 0 Å². The van der Waals surface area contributed by atoms with Gasteiger partial charge in [-0.3, -0.25) is 0 Å². The van der Waals surface area contributed by atoms with Gasteiger partial charge in [0.25, 0.3) is 0 Å². The van der Waals surface area contributed by atoms with Crippen LogP contribution in [-0.2, 0) is 4.84 Å². The zero-order valence-electron chi connectivity index (χ0n) is 5.36. The fourth-order valence-electron chi connectivity index (χ4n) is 0.341. The number of hydrogen-bond acceptors (Lipinski definition) is 2. The molecule has 0 bridgehead atoms. The topological polar surface area (TPSA) is 21.6 Å². The molecule has 0 radical (unpaired) electrons. The summed E-state index contributed by atoms with van der Waals surface area (Å²) in [6, 6.07) is 0. The number of oxime groups is 1. The summed E-state index contributed by atoms with van der Waals surface area (Å²) in [5.74, 6) is 5.41. The minimum absolute atomic E-state index is 0.704. The van der Waals surface area contributed by atoms with E-state index in [1.165, 1.54) is 7.11 Å². The van der Waals surface area contributed by atoms with Crippen LogP contribution in [0.15, 0.2) is 5.16 Å². The van der Waals surface area contributed by atoms with Crippen LogP contribution >= 0.6 is 0 Å². The molecule has 0 aliphatic carbocycles. The lowest BCUT2D eigenvalue weighted by atomic mass is 10.4. The van der Waals surface area contributed by atoms with E-state index >= 15 is 0 Å². The predicted molar refractivity (Wildman–Crippen MR) is 33.6 cm³/mol. The predicted octanol–water partition coefficient (Wildman–Crippen LogP) is 1.03. The van der Waals surface area contributed by atoms with Crippen molar-refractivity contribution in [3.63, 3.8) is 0 Å². The summed E-state index contributed by atoms with van der Waals surface area (Å²) >= 11 is 0. The van der Waals surface area contributed by atoms with Gasteiger partial charge in [0.05, 0.1) is 0 Å². The zero-order chi connectivity index (χ0) is 6.41. The molecular formula is C6H9NO. The highest BCUT2D eigenvalue weighted by Crippen LogP contribution is 1.73. The molecule has 0 aromatic heterocycles. The van der Waals surface area contributed by atoms with E-state index in [9.17, 15) is 0 Å². The molecule has 0 heterocycles.